The number of benzene rings is 1. The first-order valence-corrected chi connectivity index (χ1v) is 7.91. The maximum absolute atomic E-state index is 12.0. The monoisotopic (exact) mass is 299 g/mol. The molecular formula is C16H21N5O. The fourth-order valence-corrected chi connectivity index (χ4v) is 2.79. The Balaban J connectivity index is 1.61. The maximum Gasteiger partial charge on any atom is 0.243 e. The highest BCUT2D eigenvalue weighted by molar-refractivity contribution is 5.75. The molecule has 6 nitrogen and oxygen atoms in total. The molecule has 0 bridgehead atoms. The molecule has 1 aromatic carbocycles. The highest BCUT2D eigenvalue weighted by Crippen LogP contribution is 2.17. The fraction of sp³-hybridized carbons (Fsp3) is 0.500. The number of carbonyl (C=O) groups excluding carboxylic acids is 1. The van der Waals surface area contributed by atoms with Crippen molar-refractivity contribution < 1.29 is 4.79 Å². The van der Waals surface area contributed by atoms with Gasteiger partial charge in [-0.3, -0.25) is 4.79 Å². The van der Waals surface area contributed by atoms with Crippen LogP contribution in [0.1, 0.15) is 38.2 Å². The Labute approximate surface area is 129 Å². The van der Waals surface area contributed by atoms with E-state index in [1.807, 2.05) is 12.1 Å². The van der Waals surface area contributed by atoms with Gasteiger partial charge in [0.1, 0.15) is 6.54 Å². The normalized spacial score (nSPS) is 15.1. The van der Waals surface area contributed by atoms with Gasteiger partial charge in [0, 0.05) is 11.6 Å². The van der Waals surface area contributed by atoms with Crippen molar-refractivity contribution in [3.8, 4) is 11.4 Å². The molecular weight excluding hydrogens is 278 g/mol. The molecule has 22 heavy (non-hydrogen) atoms. The van der Waals surface area contributed by atoms with E-state index in [9.17, 15) is 4.79 Å². The molecule has 3 rings (SSSR count). The largest absolute Gasteiger partial charge is 0.352 e. The summed E-state index contributed by atoms with van der Waals surface area (Å²) in [6, 6.07) is 8.40. The summed E-state index contributed by atoms with van der Waals surface area (Å²) in [7, 11) is 0. The van der Waals surface area contributed by atoms with Crippen LogP contribution in [0.3, 0.4) is 0 Å². The van der Waals surface area contributed by atoms with Crippen molar-refractivity contribution >= 4 is 5.91 Å². The highest BCUT2D eigenvalue weighted by atomic mass is 16.2. The average Bonchev–Trinajstić information content (AvgIpc) is 3.19. The quantitative estimate of drug-likeness (QED) is 0.916. The van der Waals surface area contributed by atoms with E-state index >= 15 is 0 Å². The summed E-state index contributed by atoms with van der Waals surface area (Å²) in [5, 5.41) is 15.3. The number of tetrazole rings is 1. The standard InChI is InChI=1S/C16H21N5O/c1-2-12-7-9-13(10-8-12)16-18-20-21(19-16)11-15(22)17-14-5-3-4-6-14/h7-10,14H,2-6,11H2,1H3,(H,17,22). The lowest BCUT2D eigenvalue weighted by molar-refractivity contribution is -0.122. The van der Waals surface area contributed by atoms with Crippen LogP contribution in [0.2, 0.25) is 0 Å². The van der Waals surface area contributed by atoms with Crippen molar-refractivity contribution in [2.45, 2.75) is 51.6 Å². The van der Waals surface area contributed by atoms with Gasteiger partial charge >= 0.3 is 0 Å². The summed E-state index contributed by atoms with van der Waals surface area (Å²) in [6.07, 6.45) is 5.55. The number of hydrogen-bond acceptors (Lipinski definition) is 4. The molecule has 1 aliphatic carbocycles. The van der Waals surface area contributed by atoms with Crippen molar-refractivity contribution in [1.82, 2.24) is 25.5 Å². The molecule has 1 N–H and O–H groups in total. The Bertz CT molecular complexity index is 628. The molecule has 6 heteroatoms. The first kappa shape index (κ1) is 14.7. The molecule has 1 amide bonds. The smallest absolute Gasteiger partial charge is 0.243 e. The fourth-order valence-electron chi connectivity index (χ4n) is 2.79. The van der Waals surface area contributed by atoms with E-state index in [4.69, 9.17) is 0 Å². The first-order valence-electron chi connectivity index (χ1n) is 7.91. The number of amides is 1. The summed E-state index contributed by atoms with van der Waals surface area (Å²) >= 11 is 0. The van der Waals surface area contributed by atoms with Crippen LogP contribution in [0.25, 0.3) is 11.4 Å². The first-order chi connectivity index (χ1) is 10.7. The molecule has 2 aromatic rings. The van der Waals surface area contributed by atoms with Crippen molar-refractivity contribution in [3.05, 3.63) is 29.8 Å². The number of carbonyl (C=O) groups is 1. The van der Waals surface area contributed by atoms with Crippen molar-refractivity contribution in [1.29, 1.82) is 0 Å². The van der Waals surface area contributed by atoms with Gasteiger partial charge in [-0.15, -0.1) is 10.2 Å². The maximum atomic E-state index is 12.0. The van der Waals surface area contributed by atoms with E-state index in [0.717, 1.165) is 24.8 Å². The van der Waals surface area contributed by atoms with Gasteiger partial charge < -0.3 is 5.32 Å². The molecule has 116 valence electrons. The van der Waals surface area contributed by atoms with Crippen LogP contribution < -0.4 is 5.32 Å². The van der Waals surface area contributed by atoms with Crippen LogP contribution >= 0.6 is 0 Å². The van der Waals surface area contributed by atoms with Gasteiger partial charge in [0.05, 0.1) is 0 Å². The predicted octanol–water partition coefficient (Wildman–Crippen LogP) is 1.96. The Morgan fingerprint density at radius 1 is 1.27 bits per heavy atom. The Morgan fingerprint density at radius 2 is 2.00 bits per heavy atom. The van der Waals surface area contributed by atoms with Gasteiger partial charge in [0.2, 0.25) is 11.7 Å². The second kappa shape index (κ2) is 6.68. The Hall–Kier alpha value is -2.24. The molecule has 1 heterocycles. The molecule has 1 aromatic heterocycles. The molecule has 0 aliphatic heterocycles. The van der Waals surface area contributed by atoms with Gasteiger partial charge in [0.15, 0.2) is 0 Å². The summed E-state index contributed by atoms with van der Waals surface area (Å²) in [5.74, 6) is 0.508. The van der Waals surface area contributed by atoms with E-state index in [-0.39, 0.29) is 12.5 Å². The Morgan fingerprint density at radius 3 is 2.68 bits per heavy atom. The van der Waals surface area contributed by atoms with Crippen LogP contribution in [0.4, 0.5) is 0 Å². The van der Waals surface area contributed by atoms with Crippen LogP contribution in [0.5, 0.6) is 0 Å². The van der Waals surface area contributed by atoms with E-state index < -0.39 is 0 Å². The minimum Gasteiger partial charge on any atom is -0.352 e. The van der Waals surface area contributed by atoms with Crippen molar-refractivity contribution in [3.63, 3.8) is 0 Å². The van der Waals surface area contributed by atoms with Crippen LogP contribution in [-0.4, -0.2) is 32.2 Å². The summed E-state index contributed by atoms with van der Waals surface area (Å²) in [4.78, 5) is 13.3. The summed E-state index contributed by atoms with van der Waals surface area (Å²) in [6.45, 7) is 2.24. The SMILES string of the molecule is CCc1ccc(-c2nnn(CC(=O)NC3CCCC3)n2)cc1. The molecule has 0 radical (unpaired) electrons. The zero-order valence-electron chi connectivity index (χ0n) is 12.8. The third-order valence-electron chi connectivity index (χ3n) is 4.08. The topological polar surface area (TPSA) is 72.7 Å². The zero-order chi connectivity index (χ0) is 15.4. The van der Waals surface area contributed by atoms with Crippen LogP contribution in [0.15, 0.2) is 24.3 Å². The number of aromatic nitrogens is 4. The lowest BCUT2D eigenvalue weighted by Crippen LogP contribution is -2.35. The van der Waals surface area contributed by atoms with Gasteiger partial charge in [0.25, 0.3) is 0 Å². The van der Waals surface area contributed by atoms with E-state index in [1.165, 1.54) is 23.2 Å². The number of aryl methyl sites for hydroxylation is 1. The number of rotatable bonds is 5. The molecule has 0 saturated heterocycles. The van der Waals surface area contributed by atoms with Crippen LogP contribution in [0, 0.1) is 0 Å². The molecule has 0 spiro atoms. The van der Waals surface area contributed by atoms with E-state index in [2.05, 4.69) is 39.8 Å². The second-order valence-corrected chi connectivity index (χ2v) is 5.74. The molecule has 0 unspecified atom stereocenters. The minimum absolute atomic E-state index is 0.0443. The number of nitrogens with one attached hydrogen (secondary N) is 1. The van der Waals surface area contributed by atoms with Gasteiger partial charge in [-0.1, -0.05) is 44.0 Å². The lowest BCUT2D eigenvalue weighted by atomic mass is 10.1. The van der Waals surface area contributed by atoms with Crippen LogP contribution in [-0.2, 0) is 17.8 Å². The molecule has 1 fully saturated rings. The number of hydrogen-bond donors (Lipinski definition) is 1. The lowest BCUT2D eigenvalue weighted by Gasteiger charge is -2.10. The predicted molar refractivity (Wildman–Crippen MR) is 83.0 cm³/mol. The number of nitrogens with zero attached hydrogens (tertiary/aromatic N) is 4. The summed E-state index contributed by atoms with van der Waals surface area (Å²) in [5.41, 5.74) is 2.19. The minimum atomic E-state index is -0.0443. The van der Waals surface area contributed by atoms with E-state index in [0.29, 0.717) is 11.9 Å². The average molecular weight is 299 g/mol. The summed E-state index contributed by atoms with van der Waals surface area (Å²) < 4.78 is 0. The molecule has 1 saturated carbocycles. The molecule has 0 atom stereocenters. The molecule has 1 aliphatic rings. The van der Waals surface area contributed by atoms with Crippen molar-refractivity contribution in [2.24, 2.45) is 0 Å². The zero-order valence-corrected chi connectivity index (χ0v) is 12.8. The van der Waals surface area contributed by atoms with Gasteiger partial charge in [-0.05, 0) is 30.0 Å². The Kier molecular flexibility index (Phi) is 4.46. The third-order valence-corrected chi connectivity index (χ3v) is 4.08. The van der Waals surface area contributed by atoms with Crippen molar-refractivity contribution in [2.75, 3.05) is 0 Å². The highest BCUT2D eigenvalue weighted by Gasteiger charge is 2.18. The van der Waals surface area contributed by atoms with Gasteiger partial charge in [-0.25, -0.2) is 0 Å². The van der Waals surface area contributed by atoms with E-state index in [1.54, 1.807) is 0 Å². The van der Waals surface area contributed by atoms with Gasteiger partial charge in [-0.2, -0.15) is 4.80 Å². The second-order valence-electron chi connectivity index (χ2n) is 5.74. The third kappa shape index (κ3) is 3.50.